The van der Waals surface area contributed by atoms with Gasteiger partial charge in [-0.25, -0.2) is 0 Å². The summed E-state index contributed by atoms with van der Waals surface area (Å²) in [4.78, 5) is 0. The fourth-order valence-corrected chi connectivity index (χ4v) is 1.69. The highest BCUT2D eigenvalue weighted by molar-refractivity contribution is 5.39. The molecule has 0 bridgehead atoms. The van der Waals surface area contributed by atoms with Crippen molar-refractivity contribution in [2.45, 2.75) is 20.1 Å². The van der Waals surface area contributed by atoms with E-state index in [1.165, 1.54) is 0 Å². The Labute approximate surface area is 101 Å². The van der Waals surface area contributed by atoms with Gasteiger partial charge in [0.2, 0.25) is 0 Å². The van der Waals surface area contributed by atoms with Gasteiger partial charge in [0.1, 0.15) is 0 Å². The van der Waals surface area contributed by atoms with Gasteiger partial charge < -0.3 is 10.5 Å². The first-order valence-electron chi connectivity index (χ1n) is 5.57. The number of hydrogen-bond donors (Lipinski definition) is 1. The van der Waals surface area contributed by atoms with Gasteiger partial charge in [-0.2, -0.15) is 5.10 Å². The maximum absolute atomic E-state index is 5.64. The summed E-state index contributed by atoms with van der Waals surface area (Å²) >= 11 is 0. The first kappa shape index (κ1) is 11.7. The summed E-state index contributed by atoms with van der Waals surface area (Å²) in [6.07, 6.45) is 0. The number of nitrogens with two attached hydrogens (primary N) is 1. The topological polar surface area (TPSA) is 53.1 Å². The molecule has 4 heteroatoms. The van der Waals surface area contributed by atoms with Crippen LogP contribution in [0.4, 0.5) is 5.69 Å². The van der Waals surface area contributed by atoms with Crippen LogP contribution >= 0.6 is 0 Å². The van der Waals surface area contributed by atoms with Crippen LogP contribution < -0.4 is 5.73 Å². The van der Waals surface area contributed by atoms with Gasteiger partial charge in [-0.1, -0.05) is 12.1 Å². The largest absolute Gasteiger partial charge is 0.399 e. The number of anilines is 1. The summed E-state index contributed by atoms with van der Waals surface area (Å²) in [6, 6.07) is 9.75. The third-order valence-corrected chi connectivity index (χ3v) is 2.60. The third-order valence-electron chi connectivity index (χ3n) is 2.60. The number of ether oxygens (including phenoxy) is 1. The number of nitrogens with zero attached hydrogens (tertiary/aromatic N) is 2. The van der Waals surface area contributed by atoms with Crippen LogP contribution in [0.2, 0.25) is 0 Å². The van der Waals surface area contributed by atoms with E-state index in [4.69, 9.17) is 10.5 Å². The average Bonchev–Trinajstić information content (AvgIpc) is 2.60. The molecule has 0 saturated heterocycles. The first-order chi connectivity index (χ1) is 8.15. The third kappa shape index (κ3) is 3.07. The van der Waals surface area contributed by atoms with Crippen LogP contribution in [0.25, 0.3) is 0 Å². The molecule has 90 valence electrons. The minimum Gasteiger partial charge on any atom is -0.399 e. The molecule has 1 aromatic heterocycles. The van der Waals surface area contributed by atoms with Gasteiger partial charge in [-0.3, -0.25) is 4.68 Å². The second-order valence-electron chi connectivity index (χ2n) is 4.14. The molecule has 0 atom stereocenters. The van der Waals surface area contributed by atoms with E-state index in [1.807, 2.05) is 49.0 Å². The Bertz CT molecular complexity index is 488. The molecular weight excluding hydrogens is 214 g/mol. The number of aryl methyl sites for hydroxylation is 2. The summed E-state index contributed by atoms with van der Waals surface area (Å²) < 4.78 is 7.48. The average molecular weight is 231 g/mol. The fraction of sp³-hybridized carbons (Fsp3) is 0.308. The zero-order valence-electron chi connectivity index (χ0n) is 10.2. The highest BCUT2D eigenvalue weighted by Gasteiger charge is 2.02. The summed E-state index contributed by atoms with van der Waals surface area (Å²) in [7, 11) is 1.93. The Morgan fingerprint density at radius 2 is 1.94 bits per heavy atom. The molecule has 0 radical (unpaired) electrons. The van der Waals surface area contributed by atoms with E-state index in [0.717, 1.165) is 22.6 Å². The highest BCUT2D eigenvalue weighted by Crippen LogP contribution is 2.09. The van der Waals surface area contributed by atoms with Crippen LogP contribution in [-0.4, -0.2) is 9.78 Å². The number of rotatable bonds is 4. The number of benzene rings is 1. The molecule has 2 N–H and O–H groups in total. The van der Waals surface area contributed by atoms with E-state index >= 15 is 0 Å². The van der Waals surface area contributed by atoms with Crippen molar-refractivity contribution in [1.82, 2.24) is 9.78 Å². The smallest absolute Gasteiger partial charge is 0.0889 e. The lowest BCUT2D eigenvalue weighted by molar-refractivity contribution is 0.102. The molecule has 0 aliphatic rings. The highest BCUT2D eigenvalue weighted by atomic mass is 16.5. The molecule has 0 spiro atoms. The summed E-state index contributed by atoms with van der Waals surface area (Å²) in [6.45, 7) is 3.13. The van der Waals surface area contributed by atoms with E-state index in [-0.39, 0.29) is 0 Å². The van der Waals surface area contributed by atoms with Crippen molar-refractivity contribution in [1.29, 1.82) is 0 Å². The minimum absolute atomic E-state index is 0.571. The van der Waals surface area contributed by atoms with Gasteiger partial charge in [0.25, 0.3) is 0 Å². The Balaban J connectivity index is 1.87. The Hall–Kier alpha value is -1.81. The van der Waals surface area contributed by atoms with Crippen molar-refractivity contribution in [2.75, 3.05) is 5.73 Å². The second-order valence-corrected chi connectivity index (χ2v) is 4.14. The minimum atomic E-state index is 0.571. The number of nitrogen functional groups attached to an aromatic ring is 1. The molecule has 0 fully saturated rings. The summed E-state index contributed by atoms with van der Waals surface area (Å²) in [5, 5.41) is 4.27. The molecule has 4 nitrogen and oxygen atoms in total. The zero-order chi connectivity index (χ0) is 12.3. The number of aromatic nitrogens is 2. The van der Waals surface area contributed by atoms with Crippen molar-refractivity contribution in [3.8, 4) is 0 Å². The monoisotopic (exact) mass is 231 g/mol. The summed E-state index contributed by atoms with van der Waals surface area (Å²) in [5.41, 5.74) is 9.61. The Kier molecular flexibility index (Phi) is 3.44. The molecular formula is C13H17N3O. The van der Waals surface area contributed by atoms with E-state index in [9.17, 15) is 0 Å². The lowest BCUT2D eigenvalue weighted by Crippen LogP contribution is -2.01. The van der Waals surface area contributed by atoms with Crippen molar-refractivity contribution in [3.63, 3.8) is 0 Å². The standard InChI is InChI=1S/C13H17N3O/c1-10-7-13(16(2)15-10)9-17-8-11-3-5-12(14)6-4-11/h3-7H,8-9,14H2,1-2H3. The van der Waals surface area contributed by atoms with Gasteiger partial charge in [-0.05, 0) is 30.7 Å². The molecule has 0 unspecified atom stereocenters. The predicted molar refractivity (Wildman–Crippen MR) is 67.3 cm³/mol. The van der Waals surface area contributed by atoms with Crippen LogP contribution in [0, 0.1) is 6.92 Å². The molecule has 2 aromatic rings. The maximum atomic E-state index is 5.64. The zero-order valence-corrected chi connectivity index (χ0v) is 10.2. The van der Waals surface area contributed by atoms with Gasteiger partial charge in [0.15, 0.2) is 0 Å². The van der Waals surface area contributed by atoms with Crippen molar-refractivity contribution >= 4 is 5.69 Å². The first-order valence-corrected chi connectivity index (χ1v) is 5.57. The molecule has 1 heterocycles. The van der Waals surface area contributed by atoms with E-state index in [1.54, 1.807) is 0 Å². The predicted octanol–water partition coefficient (Wildman–Crippen LogP) is 2.03. The maximum Gasteiger partial charge on any atom is 0.0889 e. The lowest BCUT2D eigenvalue weighted by Gasteiger charge is -2.05. The lowest BCUT2D eigenvalue weighted by atomic mass is 10.2. The fourth-order valence-electron chi connectivity index (χ4n) is 1.69. The normalized spacial score (nSPS) is 10.7. The molecule has 0 saturated carbocycles. The van der Waals surface area contributed by atoms with Crippen LogP contribution in [0.1, 0.15) is 17.0 Å². The van der Waals surface area contributed by atoms with Crippen LogP contribution in [-0.2, 0) is 25.0 Å². The molecule has 0 aliphatic carbocycles. The van der Waals surface area contributed by atoms with Crippen LogP contribution in [0.3, 0.4) is 0 Å². The van der Waals surface area contributed by atoms with Crippen molar-refractivity contribution in [3.05, 3.63) is 47.3 Å². The van der Waals surface area contributed by atoms with Gasteiger partial charge in [0.05, 0.1) is 24.6 Å². The van der Waals surface area contributed by atoms with Crippen LogP contribution in [0.15, 0.2) is 30.3 Å². The van der Waals surface area contributed by atoms with Crippen LogP contribution in [0.5, 0.6) is 0 Å². The van der Waals surface area contributed by atoms with Gasteiger partial charge in [0, 0.05) is 12.7 Å². The van der Waals surface area contributed by atoms with E-state index < -0.39 is 0 Å². The molecule has 2 rings (SSSR count). The van der Waals surface area contributed by atoms with E-state index in [0.29, 0.717) is 13.2 Å². The van der Waals surface area contributed by atoms with Gasteiger partial charge >= 0.3 is 0 Å². The molecule has 0 aliphatic heterocycles. The molecule has 0 amide bonds. The SMILES string of the molecule is Cc1cc(COCc2ccc(N)cc2)n(C)n1. The van der Waals surface area contributed by atoms with Crippen molar-refractivity contribution in [2.24, 2.45) is 7.05 Å². The van der Waals surface area contributed by atoms with E-state index in [2.05, 4.69) is 5.10 Å². The van der Waals surface area contributed by atoms with Crippen molar-refractivity contribution < 1.29 is 4.74 Å². The van der Waals surface area contributed by atoms with Gasteiger partial charge in [-0.15, -0.1) is 0 Å². The Morgan fingerprint density at radius 1 is 1.24 bits per heavy atom. The molecule has 17 heavy (non-hydrogen) atoms. The summed E-state index contributed by atoms with van der Waals surface area (Å²) in [5.74, 6) is 0. The second kappa shape index (κ2) is 5.01. The Morgan fingerprint density at radius 3 is 2.53 bits per heavy atom. The number of hydrogen-bond acceptors (Lipinski definition) is 3. The molecule has 1 aromatic carbocycles. The quantitative estimate of drug-likeness (QED) is 0.819.